The molecule has 2 nitrogen and oxygen atoms in total. The van der Waals surface area contributed by atoms with Crippen LogP contribution in [0.4, 0.5) is 0 Å². The van der Waals surface area contributed by atoms with Crippen LogP contribution in [0.2, 0.25) is 0 Å². The number of carbonyl (C=O) groups is 1. The van der Waals surface area contributed by atoms with Crippen molar-refractivity contribution >= 4 is 17.4 Å². The summed E-state index contributed by atoms with van der Waals surface area (Å²) in [6.07, 6.45) is 13.0. The highest BCUT2D eigenvalue weighted by atomic mass is 35.5. The Balaban J connectivity index is 1.75. The lowest BCUT2D eigenvalue weighted by Crippen LogP contribution is -2.54. The molecule has 1 N–H and O–H groups in total. The zero-order valence-electron chi connectivity index (χ0n) is 13.9. The van der Waals surface area contributed by atoms with Gasteiger partial charge in [-0.1, -0.05) is 43.7 Å². The van der Waals surface area contributed by atoms with Crippen LogP contribution in [0.15, 0.2) is 34.9 Å². The van der Waals surface area contributed by atoms with Crippen molar-refractivity contribution in [1.82, 2.24) is 0 Å². The molecular weight excluding hydrogens is 308 g/mol. The predicted molar refractivity (Wildman–Crippen MR) is 91.9 cm³/mol. The van der Waals surface area contributed by atoms with E-state index in [0.717, 1.165) is 37.7 Å². The molecule has 0 aromatic rings. The number of halogens is 1. The molecule has 0 aromatic carbocycles. The minimum atomic E-state index is -0.227. The van der Waals surface area contributed by atoms with Gasteiger partial charge in [0.15, 0.2) is 5.78 Å². The van der Waals surface area contributed by atoms with Crippen molar-refractivity contribution in [3.63, 3.8) is 0 Å². The third-order valence-electron chi connectivity index (χ3n) is 7.41. The van der Waals surface area contributed by atoms with Crippen molar-refractivity contribution in [2.24, 2.45) is 28.6 Å². The first kappa shape index (κ1) is 15.7. The lowest BCUT2D eigenvalue weighted by molar-refractivity contribution is -0.111. The lowest BCUT2D eigenvalue weighted by atomic mass is 9.46. The second kappa shape index (κ2) is 5.07. The molecule has 4 rings (SSSR count). The van der Waals surface area contributed by atoms with Crippen LogP contribution in [0.3, 0.4) is 0 Å². The summed E-state index contributed by atoms with van der Waals surface area (Å²) in [5.74, 6) is 1.48. The third-order valence-corrected chi connectivity index (χ3v) is 7.82. The number of hydrogen-bond acceptors (Lipinski definition) is 2. The Kier molecular flexibility index (Phi) is 3.45. The molecule has 2 saturated carbocycles. The molecule has 0 radical (unpaired) electrons. The summed E-state index contributed by atoms with van der Waals surface area (Å²) < 4.78 is 0. The lowest BCUT2D eigenvalue weighted by Gasteiger charge is -2.59. The molecule has 0 bridgehead atoms. The average Bonchev–Trinajstić information content (AvgIpc) is 2.52. The van der Waals surface area contributed by atoms with Gasteiger partial charge in [0.25, 0.3) is 0 Å². The van der Waals surface area contributed by atoms with Crippen LogP contribution in [-0.4, -0.2) is 17.0 Å². The quantitative estimate of drug-likeness (QED) is 0.668. The zero-order valence-corrected chi connectivity index (χ0v) is 14.6. The third kappa shape index (κ3) is 2.01. The number of hydrogen-bond donors (Lipinski definition) is 1. The standard InChI is InChI=1S/C20H25ClO2/c1-19-11-9-16(22)18(21)15(19)7-6-12-13-4-3-5-17(23)20(13,2)10-8-14(12)19/h3-4,9,11-14,17,23H,5-8,10H2,1-2H3/t12-,13-,14-,17-,19+,20-/m0/s1. The smallest absolute Gasteiger partial charge is 0.196 e. The molecule has 0 spiro atoms. The maximum Gasteiger partial charge on any atom is 0.196 e. The van der Waals surface area contributed by atoms with Crippen molar-refractivity contribution in [3.8, 4) is 0 Å². The van der Waals surface area contributed by atoms with Crippen LogP contribution in [0.1, 0.15) is 46.0 Å². The summed E-state index contributed by atoms with van der Waals surface area (Å²) in [6, 6.07) is 0. The molecule has 0 amide bonds. The molecule has 6 atom stereocenters. The van der Waals surface area contributed by atoms with E-state index in [2.05, 4.69) is 32.1 Å². The number of aliphatic hydroxyl groups is 1. The van der Waals surface area contributed by atoms with Gasteiger partial charge in [0.1, 0.15) is 0 Å². The maximum atomic E-state index is 12.0. The Morgan fingerprint density at radius 1 is 1.30 bits per heavy atom. The van der Waals surface area contributed by atoms with E-state index in [4.69, 9.17) is 11.6 Å². The number of fused-ring (bicyclic) bond motifs is 5. The summed E-state index contributed by atoms with van der Waals surface area (Å²) in [5.41, 5.74) is 1.06. The number of ketones is 1. The van der Waals surface area contributed by atoms with Crippen LogP contribution in [0, 0.1) is 28.6 Å². The highest BCUT2D eigenvalue weighted by molar-refractivity contribution is 6.45. The number of rotatable bonds is 0. The molecule has 0 aromatic heterocycles. The first-order chi connectivity index (χ1) is 10.9. The topological polar surface area (TPSA) is 37.3 Å². The SMILES string of the molecule is C[C@]12CC[C@H]3[C@@H](CCC4=C(Cl)C(=O)C=C[C@@]43C)[C@@H]1C=CC[C@@H]2O. The largest absolute Gasteiger partial charge is 0.392 e. The van der Waals surface area contributed by atoms with Gasteiger partial charge in [-0.25, -0.2) is 0 Å². The van der Waals surface area contributed by atoms with Crippen LogP contribution in [0.5, 0.6) is 0 Å². The second-order valence-electron chi connectivity index (χ2n) is 8.33. The monoisotopic (exact) mass is 332 g/mol. The normalized spacial score (nSPS) is 48.8. The van der Waals surface area contributed by atoms with Gasteiger partial charge >= 0.3 is 0 Å². The van der Waals surface area contributed by atoms with Crippen LogP contribution < -0.4 is 0 Å². The number of aliphatic hydroxyl groups excluding tert-OH is 1. The van der Waals surface area contributed by atoms with E-state index < -0.39 is 0 Å². The van der Waals surface area contributed by atoms with Gasteiger partial charge in [-0.05, 0) is 61.5 Å². The minimum Gasteiger partial charge on any atom is -0.392 e. The van der Waals surface area contributed by atoms with E-state index in [1.165, 1.54) is 0 Å². The molecule has 124 valence electrons. The molecular formula is C20H25ClO2. The fourth-order valence-electron chi connectivity index (χ4n) is 5.93. The summed E-state index contributed by atoms with van der Waals surface area (Å²) in [4.78, 5) is 12.0. The molecule has 4 aliphatic carbocycles. The molecule has 0 aliphatic heterocycles. The Morgan fingerprint density at radius 2 is 2.09 bits per heavy atom. The summed E-state index contributed by atoms with van der Waals surface area (Å²) in [6.45, 7) is 4.53. The van der Waals surface area contributed by atoms with Gasteiger partial charge in [0.05, 0.1) is 11.1 Å². The van der Waals surface area contributed by atoms with Crippen LogP contribution >= 0.6 is 11.6 Å². The number of carbonyl (C=O) groups excluding carboxylic acids is 1. The Morgan fingerprint density at radius 3 is 2.87 bits per heavy atom. The molecule has 0 saturated heterocycles. The van der Waals surface area contributed by atoms with Gasteiger partial charge in [0.2, 0.25) is 0 Å². The highest BCUT2D eigenvalue weighted by Crippen LogP contribution is 2.63. The van der Waals surface area contributed by atoms with Gasteiger partial charge in [-0.3, -0.25) is 4.79 Å². The summed E-state index contributed by atoms with van der Waals surface area (Å²) in [7, 11) is 0. The molecule has 0 heterocycles. The number of allylic oxidation sites excluding steroid dienone is 5. The van der Waals surface area contributed by atoms with E-state index in [-0.39, 0.29) is 22.7 Å². The average molecular weight is 333 g/mol. The van der Waals surface area contributed by atoms with Gasteiger partial charge in [-0.15, -0.1) is 0 Å². The molecule has 2 fully saturated rings. The van der Waals surface area contributed by atoms with Crippen LogP contribution in [-0.2, 0) is 4.79 Å². The Labute approximate surface area is 143 Å². The van der Waals surface area contributed by atoms with E-state index in [9.17, 15) is 9.90 Å². The summed E-state index contributed by atoms with van der Waals surface area (Å²) in [5, 5.41) is 11.0. The van der Waals surface area contributed by atoms with E-state index in [1.807, 2.05) is 0 Å². The molecule has 3 heteroatoms. The second-order valence-corrected chi connectivity index (χ2v) is 8.71. The van der Waals surface area contributed by atoms with Gasteiger partial charge in [-0.2, -0.15) is 0 Å². The fraction of sp³-hybridized carbons (Fsp3) is 0.650. The van der Waals surface area contributed by atoms with E-state index in [0.29, 0.717) is 22.8 Å². The Hall–Kier alpha value is -0.860. The highest BCUT2D eigenvalue weighted by Gasteiger charge is 2.56. The summed E-state index contributed by atoms with van der Waals surface area (Å²) >= 11 is 6.37. The van der Waals surface area contributed by atoms with E-state index in [1.54, 1.807) is 6.08 Å². The van der Waals surface area contributed by atoms with Crippen molar-refractivity contribution in [1.29, 1.82) is 0 Å². The predicted octanol–water partition coefficient (Wildman–Crippen LogP) is 4.39. The molecule has 4 aliphatic rings. The van der Waals surface area contributed by atoms with Gasteiger partial charge in [0, 0.05) is 10.8 Å². The minimum absolute atomic E-state index is 0.00545. The van der Waals surface area contributed by atoms with Crippen molar-refractivity contribution < 1.29 is 9.90 Å². The van der Waals surface area contributed by atoms with Crippen LogP contribution in [0.25, 0.3) is 0 Å². The fourth-order valence-corrected chi connectivity index (χ4v) is 6.29. The van der Waals surface area contributed by atoms with E-state index >= 15 is 0 Å². The van der Waals surface area contributed by atoms with Crippen molar-refractivity contribution in [3.05, 3.63) is 34.9 Å². The zero-order chi connectivity index (χ0) is 16.4. The molecule has 23 heavy (non-hydrogen) atoms. The van der Waals surface area contributed by atoms with Crippen molar-refractivity contribution in [2.75, 3.05) is 0 Å². The first-order valence-corrected chi connectivity index (χ1v) is 9.23. The maximum absolute atomic E-state index is 12.0. The first-order valence-electron chi connectivity index (χ1n) is 8.85. The van der Waals surface area contributed by atoms with Gasteiger partial charge < -0.3 is 5.11 Å². The molecule has 0 unspecified atom stereocenters. The Bertz CT molecular complexity index is 646. The van der Waals surface area contributed by atoms with Crippen molar-refractivity contribution in [2.45, 2.75) is 52.1 Å².